The van der Waals surface area contributed by atoms with Crippen molar-refractivity contribution >= 4 is 17.4 Å². The maximum atomic E-state index is 11.9. The number of hydrogen-bond acceptors (Lipinski definition) is 1. The van der Waals surface area contributed by atoms with Crippen LogP contribution in [0.5, 0.6) is 0 Å². The number of halogens is 1. The van der Waals surface area contributed by atoms with E-state index < -0.39 is 0 Å². The van der Waals surface area contributed by atoms with Gasteiger partial charge in [-0.05, 0) is 55.7 Å². The molecular weight excluding hydrogens is 244 g/mol. The van der Waals surface area contributed by atoms with Crippen molar-refractivity contribution in [2.24, 2.45) is 5.92 Å². The summed E-state index contributed by atoms with van der Waals surface area (Å²) in [6, 6.07) is 8.18. The van der Waals surface area contributed by atoms with Gasteiger partial charge in [-0.2, -0.15) is 0 Å². The van der Waals surface area contributed by atoms with Gasteiger partial charge in [0, 0.05) is 17.4 Å². The van der Waals surface area contributed by atoms with E-state index in [4.69, 9.17) is 11.6 Å². The van der Waals surface area contributed by atoms with Crippen molar-refractivity contribution in [3.05, 3.63) is 34.9 Å². The molecule has 1 nitrogen and oxygen atoms in total. The predicted octanol–water partition coefficient (Wildman–Crippen LogP) is 4.98. The lowest BCUT2D eigenvalue weighted by molar-refractivity contribution is -0.123. The Morgan fingerprint density at radius 1 is 1.17 bits per heavy atom. The number of Topliss-reactive ketones (excluding diaryl/α,β-unsaturated/α-hetero) is 1. The van der Waals surface area contributed by atoms with E-state index in [1.165, 1.54) is 5.56 Å². The van der Waals surface area contributed by atoms with Crippen LogP contribution in [0, 0.1) is 5.92 Å². The molecule has 0 aliphatic heterocycles. The summed E-state index contributed by atoms with van der Waals surface area (Å²) in [7, 11) is 0. The van der Waals surface area contributed by atoms with Gasteiger partial charge in [-0.25, -0.2) is 0 Å². The Hall–Kier alpha value is -0.820. The Kier molecular flexibility index (Phi) is 4.82. The zero-order chi connectivity index (χ0) is 13.0. The molecule has 0 heterocycles. The van der Waals surface area contributed by atoms with Crippen molar-refractivity contribution in [3.8, 4) is 0 Å². The van der Waals surface area contributed by atoms with E-state index in [0.717, 1.165) is 43.5 Å². The summed E-state index contributed by atoms with van der Waals surface area (Å²) >= 11 is 5.91. The molecule has 0 bridgehead atoms. The molecule has 1 aliphatic rings. The molecular formula is C16H21ClO. The second kappa shape index (κ2) is 6.38. The van der Waals surface area contributed by atoms with E-state index >= 15 is 0 Å². The number of rotatable bonds is 4. The molecule has 2 heteroatoms. The minimum Gasteiger partial charge on any atom is -0.299 e. The summed E-state index contributed by atoms with van der Waals surface area (Å²) in [4.78, 5) is 11.9. The van der Waals surface area contributed by atoms with Crippen LogP contribution in [0.3, 0.4) is 0 Å². The van der Waals surface area contributed by atoms with Crippen LogP contribution in [0.2, 0.25) is 5.02 Å². The Bertz CT molecular complexity index is 388. The molecule has 0 amide bonds. The Morgan fingerprint density at radius 3 is 2.33 bits per heavy atom. The average Bonchev–Trinajstić information content (AvgIpc) is 2.40. The van der Waals surface area contributed by atoms with Crippen LogP contribution < -0.4 is 0 Å². The molecule has 1 saturated carbocycles. The van der Waals surface area contributed by atoms with Crippen LogP contribution in [0.1, 0.15) is 56.9 Å². The third kappa shape index (κ3) is 3.35. The summed E-state index contributed by atoms with van der Waals surface area (Å²) in [6.45, 7) is 2.08. The fraction of sp³-hybridized carbons (Fsp3) is 0.562. The summed E-state index contributed by atoms with van der Waals surface area (Å²) < 4.78 is 0. The lowest BCUT2D eigenvalue weighted by atomic mass is 9.76. The van der Waals surface area contributed by atoms with Crippen LogP contribution in [0.15, 0.2) is 24.3 Å². The predicted molar refractivity (Wildman–Crippen MR) is 76.1 cm³/mol. The highest BCUT2D eigenvalue weighted by atomic mass is 35.5. The van der Waals surface area contributed by atoms with Gasteiger partial charge >= 0.3 is 0 Å². The first-order valence-corrected chi connectivity index (χ1v) is 7.36. The zero-order valence-electron chi connectivity index (χ0n) is 11.0. The summed E-state index contributed by atoms with van der Waals surface area (Å²) in [6.07, 6.45) is 6.15. The molecule has 1 aromatic rings. The highest BCUT2D eigenvalue weighted by molar-refractivity contribution is 6.30. The highest BCUT2D eigenvalue weighted by Crippen LogP contribution is 2.36. The molecule has 2 rings (SSSR count). The number of carbonyl (C=O) groups excluding carboxylic acids is 1. The highest BCUT2D eigenvalue weighted by Gasteiger charge is 2.26. The molecule has 0 aromatic heterocycles. The Balaban J connectivity index is 1.90. The van der Waals surface area contributed by atoms with Gasteiger partial charge in [0.15, 0.2) is 0 Å². The molecule has 0 saturated heterocycles. The maximum absolute atomic E-state index is 11.9. The van der Waals surface area contributed by atoms with Gasteiger partial charge in [0.25, 0.3) is 0 Å². The normalized spacial score (nSPS) is 23.9. The van der Waals surface area contributed by atoms with Crippen molar-refractivity contribution in [1.82, 2.24) is 0 Å². The molecule has 1 fully saturated rings. The molecule has 18 heavy (non-hydrogen) atoms. The molecule has 1 aromatic carbocycles. The van der Waals surface area contributed by atoms with Crippen molar-refractivity contribution in [3.63, 3.8) is 0 Å². The first kappa shape index (κ1) is 13.6. The minimum atomic E-state index is 0.327. The third-order valence-corrected chi connectivity index (χ3v) is 4.27. The SMILES string of the molecule is CCCC(=O)C1CCC(c2ccc(Cl)cc2)CC1. The van der Waals surface area contributed by atoms with E-state index in [1.54, 1.807) is 0 Å². The molecule has 0 radical (unpaired) electrons. The van der Waals surface area contributed by atoms with Crippen molar-refractivity contribution in [2.75, 3.05) is 0 Å². The van der Waals surface area contributed by atoms with Crippen LogP contribution >= 0.6 is 11.6 Å². The van der Waals surface area contributed by atoms with Crippen LogP contribution in [0.4, 0.5) is 0 Å². The van der Waals surface area contributed by atoms with Crippen LogP contribution in [-0.4, -0.2) is 5.78 Å². The smallest absolute Gasteiger partial charge is 0.135 e. The fourth-order valence-corrected chi connectivity index (χ4v) is 3.06. The van der Waals surface area contributed by atoms with E-state index in [2.05, 4.69) is 19.1 Å². The lowest BCUT2D eigenvalue weighted by Gasteiger charge is -2.28. The molecule has 0 N–H and O–H groups in total. The van der Waals surface area contributed by atoms with Crippen LogP contribution in [0.25, 0.3) is 0 Å². The topological polar surface area (TPSA) is 17.1 Å². The fourth-order valence-electron chi connectivity index (χ4n) is 2.93. The molecule has 98 valence electrons. The largest absolute Gasteiger partial charge is 0.299 e. The summed E-state index contributed by atoms with van der Waals surface area (Å²) in [5, 5.41) is 0.797. The minimum absolute atomic E-state index is 0.327. The standard InChI is InChI=1S/C16H21ClO/c1-2-3-16(18)14-6-4-12(5-7-14)13-8-10-15(17)11-9-13/h8-12,14H,2-7H2,1H3. The number of hydrogen-bond donors (Lipinski definition) is 0. The second-order valence-corrected chi connectivity index (χ2v) is 5.75. The number of ketones is 1. The summed E-state index contributed by atoms with van der Waals surface area (Å²) in [5.41, 5.74) is 1.38. The molecule has 0 spiro atoms. The molecule has 1 aliphatic carbocycles. The number of carbonyl (C=O) groups is 1. The number of benzene rings is 1. The van der Waals surface area contributed by atoms with Gasteiger partial charge in [-0.1, -0.05) is 30.7 Å². The Labute approximate surface area is 115 Å². The molecule has 0 atom stereocenters. The third-order valence-electron chi connectivity index (χ3n) is 4.02. The van der Waals surface area contributed by atoms with Gasteiger partial charge in [-0.3, -0.25) is 4.79 Å². The van der Waals surface area contributed by atoms with Gasteiger partial charge in [-0.15, -0.1) is 0 Å². The van der Waals surface area contributed by atoms with Crippen molar-refractivity contribution in [2.45, 2.75) is 51.4 Å². The van der Waals surface area contributed by atoms with E-state index in [9.17, 15) is 4.79 Å². The first-order chi connectivity index (χ1) is 8.70. The van der Waals surface area contributed by atoms with Gasteiger partial charge in [0.2, 0.25) is 0 Å². The first-order valence-electron chi connectivity index (χ1n) is 6.99. The van der Waals surface area contributed by atoms with Gasteiger partial charge < -0.3 is 0 Å². The van der Waals surface area contributed by atoms with Gasteiger partial charge in [0.05, 0.1) is 0 Å². The summed E-state index contributed by atoms with van der Waals surface area (Å²) in [5.74, 6) is 1.42. The van der Waals surface area contributed by atoms with Crippen molar-refractivity contribution in [1.29, 1.82) is 0 Å². The molecule has 0 unspecified atom stereocenters. The van der Waals surface area contributed by atoms with Gasteiger partial charge in [0.1, 0.15) is 5.78 Å². The second-order valence-electron chi connectivity index (χ2n) is 5.32. The zero-order valence-corrected chi connectivity index (χ0v) is 11.7. The maximum Gasteiger partial charge on any atom is 0.135 e. The lowest BCUT2D eigenvalue weighted by Crippen LogP contribution is -2.20. The van der Waals surface area contributed by atoms with E-state index in [1.807, 2.05) is 12.1 Å². The van der Waals surface area contributed by atoms with Crippen molar-refractivity contribution < 1.29 is 4.79 Å². The van der Waals surface area contributed by atoms with E-state index in [0.29, 0.717) is 17.6 Å². The van der Waals surface area contributed by atoms with E-state index in [-0.39, 0.29) is 0 Å². The average molecular weight is 265 g/mol. The monoisotopic (exact) mass is 264 g/mol. The Morgan fingerprint density at radius 2 is 1.78 bits per heavy atom. The quantitative estimate of drug-likeness (QED) is 0.749. The van der Waals surface area contributed by atoms with Crippen LogP contribution in [-0.2, 0) is 4.79 Å².